The van der Waals surface area contributed by atoms with Crippen LogP contribution in [-0.2, 0) is 0 Å². The molecule has 0 aliphatic rings. The third kappa shape index (κ3) is 4.13. The average Bonchev–Trinajstić information content (AvgIpc) is 3.54. The molecule has 1 aromatic heterocycles. The first-order valence-corrected chi connectivity index (χ1v) is 16.4. The number of para-hydroxylation sites is 1. The molecule has 0 spiro atoms. The Labute approximate surface area is 277 Å². The molecule has 0 aliphatic heterocycles. The van der Waals surface area contributed by atoms with E-state index in [-0.39, 0.29) is 0 Å². The standard InChI is InChI=1S/C46H29NO/c1-3-13-37-31(9-1)11-7-16-42(37)47(43-17-8-12-32-10-2-4-14-38(32)43)36-25-21-30(22-26-36)34-24-27-39-35(29-34)20-19-33-23-28-41-40-15-5-6-18-44(40)48-46(41)45(33)39/h1-29H. The Bertz CT molecular complexity index is 2750. The number of anilines is 3. The van der Waals surface area contributed by atoms with Crippen LogP contribution >= 0.6 is 0 Å². The SMILES string of the molecule is c1ccc2c(N(c3ccc(-c4ccc5c(ccc6ccc7c8ccccc8oc7c65)c4)cc3)c3cccc4ccccc34)cccc2c1. The topological polar surface area (TPSA) is 16.4 Å². The van der Waals surface area contributed by atoms with Crippen molar-refractivity contribution in [3.8, 4) is 11.1 Å². The number of furan rings is 1. The van der Waals surface area contributed by atoms with Crippen LogP contribution in [0.3, 0.4) is 0 Å². The second-order valence-corrected chi connectivity index (χ2v) is 12.5. The van der Waals surface area contributed by atoms with Crippen molar-refractivity contribution in [3.63, 3.8) is 0 Å². The van der Waals surface area contributed by atoms with Gasteiger partial charge in [-0.25, -0.2) is 0 Å². The fraction of sp³-hybridized carbons (Fsp3) is 0. The molecule has 2 heteroatoms. The van der Waals surface area contributed by atoms with Gasteiger partial charge in [0.15, 0.2) is 0 Å². The Kier molecular flexibility index (Phi) is 5.91. The summed E-state index contributed by atoms with van der Waals surface area (Å²) in [6, 6.07) is 63.3. The zero-order valence-corrected chi connectivity index (χ0v) is 26.1. The van der Waals surface area contributed by atoms with Crippen molar-refractivity contribution >= 4 is 82.1 Å². The number of benzene rings is 9. The predicted octanol–water partition coefficient (Wildman–Crippen LogP) is 13.3. The number of nitrogens with zero attached hydrogens (tertiary/aromatic N) is 1. The van der Waals surface area contributed by atoms with Crippen LogP contribution in [0, 0.1) is 0 Å². The minimum absolute atomic E-state index is 0.926. The Hall–Kier alpha value is -6.38. The number of fused-ring (bicyclic) bond motifs is 9. The van der Waals surface area contributed by atoms with Gasteiger partial charge < -0.3 is 9.32 Å². The lowest BCUT2D eigenvalue weighted by molar-refractivity contribution is 0.673. The van der Waals surface area contributed by atoms with Gasteiger partial charge in [-0.1, -0.05) is 133 Å². The summed E-state index contributed by atoms with van der Waals surface area (Å²) in [5, 5.41) is 12.0. The van der Waals surface area contributed by atoms with Gasteiger partial charge in [-0.15, -0.1) is 0 Å². The molecule has 10 aromatic rings. The average molecular weight is 612 g/mol. The summed E-state index contributed by atoms with van der Waals surface area (Å²) in [4.78, 5) is 2.40. The molecule has 0 radical (unpaired) electrons. The second-order valence-electron chi connectivity index (χ2n) is 12.5. The van der Waals surface area contributed by atoms with E-state index in [1.807, 2.05) is 6.07 Å². The van der Waals surface area contributed by atoms with Crippen LogP contribution in [0.1, 0.15) is 0 Å². The molecular formula is C46H29NO. The van der Waals surface area contributed by atoms with Crippen LogP contribution in [0.15, 0.2) is 180 Å². The molecule has 0 N–H and O–H groups in total. The van der Waals surface area contributed by atoms with Crippen LogP contribution in [-0.4, -0.2) is 0 Å². The highest BCUT2D eigenvalue weighted by Crippen LogP contribution is 2.43. The Morgan fingerprint density at radius 2 is 0.917 bits per heavy atom. The van der Waals surface area contributed by atoms with E-state index in [0.29, 0.717) is 0 Å². The van der Waals surface area contributed by atoms with Gasteiger partial charge in [-0.05, 0) is 80.5 Å². The van der Waals surface area contributed by atoms with Crippen LogP contribution in [0.4, 0.5) is 17.1 Å². The lowest BCUT2D eigenvalue weighted by Gasteiger charge is -2.28. The molecule has 10 rings (SSSR count). The van der Waals surface area contributed by atoms with Gasteiger partial charge in [0.05, 0.1) is 11.4 Å². The van der Waals surface area contributed by atoms with Crippen molar-refractivity contribution < 1.29 is 4.42 Å². The summed E-state index contributed by atoms with van der Waals surface area (Å²) in [5.41, 5.74) is 7.68. The third-order valence-electron chi connectivity index (χ3n) is 9.82. The van der Waals surface area contributed by atoms with Gasteiger partial charge in [-0.2, -0.15) is 0 Å². The Morgan fingerprint density at radius 3 is 1.65 bits per heavy atom. The summed E-state index contributed by atoms with van der Waals surface area (Å²) < 4.78 is 6.45. The summed E-state index contributed by atoms with van der Waals surface area (Å²) in [7, 11) is 0. The fourth-order valence-corrected chi connectivity index (χ4v) is 7.53. The van der Waals surface area contributed by atoms with Crippen molar-refractivity contribution in [1.82, 2.24) is 0 Å². The van der Waals surface area contributed by atoms with Crippen LogP contribution in [0.5, 0.6) is 0 Å². The first-order valence-electron chi connectivity index (χ1n) is 16.4. The quantitative estimate of drug-likeness (QED) is 0.184. The van der Waals surface area contributed by atoms with E-state index in [0.717, 1.165) is 39.0 Å². The van der Waals surface area contributed by atoms with Crippen LogP contribution in [0.2, 0.25) is 0 Å². The molecule has 0 saturated carbocycles. The highest BCUT2D eigenvalue weighted by molar-refractivity contribution is 6.23. The zero-order valence-electron chi connectivity index (χ0n) is 26.1. The molecule has 0 atom stereocenters. The van der Waals surface area contributed by atoms with Crippen molar-refractivity contribution in [2.75, 3.05) is 4.90 Å². The maximum Gasteiger partial charge on any atom is 0.143 e. The highest BCUT2D eigenvalue weighted by Gasteiger charge is 2.18. The number of rotatable bonds is 4. The monoisotopic (exact) mass is 611 g/mol. The van der Waals surface area contributed by atoms with Crippen molar-refractivity contribution in [2.45, 2.75) is 0 Å². The van der Waals surface area contributed by atoms with Gasteiger partial charge in [0.1, 0.15) is 11.2 Å². The van der Waals surface area contributed by atoms with Gasteiger partial charge in [-0.3, -0.25) is 0 Å². The number of hydrogen-bond acceptors (Lipinski definition) is 2. The molecule has 0 unspecified atom stereocenters. The fourth-order valence-electron chi connectivity index (χ4n) is 7.53. The van der Waals surface area contributed by atoms with Crippen molar-refractivity contribution in [3.05, 3.63) is 176 Å². The first-order chi connectivity index (χ1) is 23.8. The normalized spacial score (nSPS) is 11.8. The minimum atomic E-state index is 0.926. The van der Waals surface area contributed by atoms with E-state index in [1.165, 1.54) is 54.2 Å². The maximum atomic E-state index is 6.45. The Morgan fingerprint density at radius 1 is 0.354 bits per heavy atom. The van der Waals surface area contributed by atoms with E-state index >= 15 is 0 Å². The highest BCUT2D eigenvalue weighted by atomic mass is 16.3. The van der Waals surface area contributed by atoms with Gasteiger partial charge >= 0.3 is 0 Å². The first kappa shape index (κ1) is 26.8. The molecule has 0 aliphatic carbocycles. The summed E-state index contributed by atoms with van der Waals surface area (Å²) >= 11 is 0. The minimum Gasteiger partial charge on any atom is -0.455 e. The van der Waals surface area contributed by atoms with E-state index in [4.69, 9.17) is 4.42 Å². The molecule has 0 fully saturated rings. The molecular weight excluding hydrogens is 583 g/mol. The van der Waals surface area contributed by atoms with Gasteiger partial charge in [0.2, 0.25) is 0 Å². The Balaban J connectivity index is 1.11. The smallest absolute Gasteiger partial charge is 0.143 e. The van der Waals surface area contributed by atoms with Crippen molar-refractivity contribution in [1.29, 1.82) is 0 Å². The lowest BCUT2D eigenvalue weighted by atomic mass is 9.96. The van der Waals surface area contributed by atoms with E-state index < -0.39 is 0 Å². The van der Waals surface area contributed by atoms with Gasteiger partial charge in [0, 0.05) is 32.6 Å². The summed E-state index contributed by atoms with van der Waals surface area (Å²) in [6.45, 7) is 0. The molecule has 0 saturated heterocycles. The van der Waals surface area contributed by atoms with E-state index in [1.54, 1.807) is 0 Å². The number of hydrogen-bond donors (Lipinski definition) is 0. The van der Waals surface area contributed by atoms with Crippen molar-refractivity contribution in [2.24, 2.45) is 0 Å². The lowest BCUT2D eigenvalue weighted by Crippen LogP contribution is -2.11. The molecule has 0 bridgehead atoms. The van der Waals surface area contributed by atoms with E-state index in [9.17, 15) is 0 Å². The molecule has 0 amide bonds. The van der Waals surface area contributed by atoms with Crippen LogP contribution in [0.25, 0.3) is 76.2 Å². The second kappa shape index (κ2) is 10.6. The molecule has 9 aromatic carbocycles. The maximum absolute atomic E-state index is 6.45. The molecule has 2 nitrogen and oxygen atoms in total. The molecule has 224 valence electrons. The van der Waals surface area contributed by atoms with Gasteiger partial charge in [0.25, 0.3) is 0 Å². The summed E-state index contributed by atoms with van der Waals surface area (Å²) in [6.07, 6.45) is 0. The van der Waals surface area contributed by atoms with Crippen LogP contribution < -0.4 is 4.90 Å². The molecule has 1 heterocycles. The largest absolute Gasteiger partial charge is 0.455 e. The third-order valence-corrected chi connectivity index (χ3v) is 9.82. The van der Waals surface area contributed by atoms with E-state index in [2.05, 4.69) is 175 Å². The molecule has 48 heavy (non-hydrogen) atoms. The predicted molar refractivity (Wildman–Crippen MR) is 204 cm³/mol. The zero-order chi connectivity index (χ0) is 31.6. The summed E-state index contributed by atoms with van der Waals surface area (Å²) in [5.74, 6) is 0.